The van der Waals surface area contributed by atoms with Gasteiger partial charge in [-0.3, -0.25) is 0 Å². The number of carbonyl (C=O) groups is 1. The molecule has 0 unspecified atom stereocenters. The maximum absolute atomic E-state index is 12.5. The van der Waals surface area contributed by atoms with Gasteiger partial charge in [-0.05, 0) is 54.8 Å². The van der Waals surface area contributed by atoms with Crippen LogP contribution in [0.25, 0.3) is 10.9 Å². The van der Waals surface area contributed by atoms with Crippen molar-refractivity contribution in [3.05, 3.63) is 94.7 Å². The van der Waals surface area contributed by atoms with Crippen LogP contribution in [0.1, 0.15) is 32.7 Å². The summed E-state index contributed by atoms with van der Waals surface area (Å²) < 4.78 is 12.8. The Morgan fingerprint density at radius 3 is 2.41 bits per heavy atom. The summed E-state index contributed by atoms with van der Waals surface area (Å²) in [6, 6.07) is 21.7. The number of rotatable bonds is 10. The lowest BCUT2D eigenvalue weighted by atomic mass is 10.1. The van der Waals surface area contributed by atoms with Crippen LogP contribution >= 0.6 is 0 Å². The van der Waals surface area contributed by atoms with Gasteiger partial charge in [0.15, 0.2) is 0 Å². The molecular weight excluding hydrogens is 428 g/mol. The van der Waals surface area contributed by atoms with Crippen LogP contribution in [-0.2, 0) is 19.5 Å². The number of hydrogen-bond acceptors (Lipinski definition) is 4. The number of ether oxygens (including phenoxy) is 2. The summed E-state index contributed by atoms with van der Waals surface area (Å²) >= 11 is 0. The summed E-state index contributed by atoms with van der Waals surface area (Å²) in [6.45, 7) is 3.65. The molecule has 0 atom stereocenters. The number of fused-ring (bicyclic) bond motifs is 1. The highest BCUT2D eigenvalue weighted by molar-refractivity contribution is 5.98. The Labute approximate surface area is 199 Å². The van der Waals surface area contributed by atoms with Crippen molar-refractivity contribution in [3.63, 3.8) is 0 Å². The van der Waals surface area contributed by atoms with E-state index in [9.17, 15) is 9.90 Å². The monoisotopic (exact) mass is 458 g/mol. The van der Waals surface area contributed by atoms with Crippen molar-refractivity contribution in [2.75, 3.05) is 20.8 Å². The van der Waals surface area contributed by atoms with Crippen molar-refractivity contribution >= 4 is 16.9 Å². The van der Waals surface area contributed by atoms with Gasteiger partial charge in [0.05, 0.1) is 19.7 Å². The second-order valence-corrected chi connectivity index (χ2v) is 8.27. The Kier molecular flexibility index (Phi) is 7.18. The zero-order valence-electron chi connectivity index (χ0n) is 19.8. The second kappa shape index (κ2) is 10.4. The predicted octanol–water partition coefficient (Wildman–Crippen LogP) is 5.05. The van der Waals surface area contributed by atoms with Crippen molar-refractivity contribution in [3.8, 4) is 11.5 Å². The molecule has 0 aliphatic rings. The molecule has 0 amide bonds. The van der Waals surface area contributed by atoms with Crippen molar-refractivity contribution in [2.45, 2.75) is 26.4 Å². The minimum absolute atomic E-state index is 0.302. The van der Waals surface area contributed by atoms with Gasteiger partial charge >= 0.3 is 5.97 Å². The minimum atomic E-state index is -0.940. The van der Waals surface area contributed by atoms with Gasteiger partial charge in [0.1, 0.15) is 17.2 Å². The number of methoxy groups -OCH3 is 2. The Hall–Kier alpha value is -3.77. The molecule has 0 aliphatic carbocycles. The molecule has 4 aromatic rings. The fourth-order valence-corrected chi connectivity index (χ4v) is 4.42. The van der Waals surface area contributed by atoms with E-state index in [1.807, 2.05) is 78.2 Å². The maximum Gasteiger partial charge on any atom is 0.352 e. The zero-order chi connectivity index (χ0) is 24.1. The first-order chi connectivity index (χ1) is 16.5. The summed E-state index contributed by atoms with van der Waals surface area (Å²) in [5, 5.41) is 14.6. The third-order valence-electron chi connectivity index (χ3n) is 6.23. The highest BCUT2D eigenvalue weighted by Gasteiger charge is 2.23. The summed E-state index contributed by atoms with van der Waals surface area (Å²) in [5.74, 6) is 0.617. The lowest BCUT2D eigenvalue weighted by molar-refractivity contribution is 0.0684. The number of nitrogens with zero attached hydrogens (tertiary/aromatic N) is 1. The van der Waals surface area contributed by atoms with Crippen molar-refractivity contribution < 1.29 is 19.4 Å². The van der Waals surface area contributed by atoms with Crippen LogP contribution in [-0.4, -0.2) is 36.4 Å². The van der Waals surface area contributed by atoms with Crippen LogP contribution in [0.2, 0.25) is 0 Å². The Balaban J connectivity index is 1.67. The van der Waals surface area contributed by atoms with Crippen LogP contribution in [0, 0.1) is 6.92 Å². The molecule has 1 aromatic heterocycles. The summed E-state index contributed by atoms with van der Waals surface area (Å²) in [7, 11) is 3.29. The molecule has 0 saturated heterocycles. The quantitative estimate of drug-likeness (QED) is 0.326. The number of benzene rings is 3. The van der Waals surface area contributed by atoms with E-state index in [-0.39, 0.29) is 0 Å². The van der Waals surface area contributed by atoms with Gasteiger partial charge in [-0.25, -0.2) is 4.79 Å². The number of aromatic carboxylic acids is 1. The molecule has 0 spiro atoms. The smallest absolute Gasteiger partial charge is 0.352 e. The van der Waals surface area contributed by atoms with Gasteiger partial charge in [-0.2, -0.15) is 0 Å². The number of hydrogen-bond donors (Lipinski definition) is 2. The Morgan fingerprint density at radius 1 is 0.971 bits per heavy atom. The molecule has 2 N–H and O–H groups in total. The maximum atomic E-state index is 12.5. The first-order valence-electron chi connectivity index (χ1n) is 11.3. The van der Waals surface area contributed by atoms with Crippen LogP contribution in [0.5, 0.6) is 11.5 Å². The van der Waals surface area contributed by atoms with Gasteiger partial charge in [0.2, 0.25) is 0 Å². The molecule has 6 heteroatoms. The summed E-state index contributed by atoms with van der Waals surface area (Å²) in [4.78, 5) is 12.5. The molecule has 34 heavy (non-hydrogen) atoms. The zero-order valence-corrected chi connectivity index (χ0v) is 19.8. The van der Waals surface area contributed by atoms with E-state index in [1.54, 1.807) is 14.2 Å². The molecule has 0 bridgehead atoms. The third-order valence-corrected chi connectivity index (χ3v) is 6.23. The van der Waals surface area contributed by atoms with E-state index >= 15 is 0 Å². The summed E-state index contributed by atoms with van der Waals surface area (Å²) in [6.07, 6.45) is 0.780. The highest BCUT2D eigenvalue weighted by Crippen LogP contribution is 2.31. The molecular formula is C28H30N2O4. The molecule has 4 rings (SSSR count). The number of para-hydroxylation sites is 1. The molecule has 1 heterocycles. The molecule has 3 aromatic carbocycles. The number of aryl methyl sites for hydroxylation is 1. The number of carboxylic acid groups (broad SMARTS) is 1. The standard InChI is InChI=1S/C28H30N2O4/c1-19-8-4-5-10-21(19)18-30-25-16-22(33-2)12-13-23(25)24(27(30)28(31)32)17-29-15-14-20-9-6-7-11-26(20)34-3/h4-13,16,29H,14-15,17-18H2,1-3H3,(H,31,32). The SMILES string of the molecule is COc1ccc2c(CNCCc3ccccc3OC)c(C(=O)O)n(Cc3ccccc3C)c2c1. The minimum Gasteiger partial charge on any atom is -0.497 e. The van der Waals surface area contributed by atoms with E-state index in [1.165, 1.54) is 0 Å². The lowest BCUT2D eigenvalue weighted by Crippen LogP contribution is -2.20. The predicted molar refractivity (Wildman–Crippen MR) is 134 cm³/mol. The molecule has 0 saturated carbocycles. The third kappa shape index (κ3) is 4.77. The Bertz CT molecular complexity index is 1310. The fourth-order valence-electron chi connectivity index (χ4n) is 4.42. The van der Waals surface area contributed by atoms with E-state index < -0.39 is 5.97 Å². The van der Waals surface area contributed by atoms with Crippen molar-refractivity contribution in [1.82, 2.24) is 9.88 Å². The van der Waals surface area contributed by atoms with Crippen LogP contribution in [0.4, 0.5) is 0 Å². The van der Waals surface area contributed by atoms with E-state index in [0.29, 0.717) is 31.1 Å². The average Bonchev–Trinajstić information content (AvgIpc) is 3.16. The van der Waals surface area contributed by atoms with Crippen molar-refractivity contribution in [2.24, 2.45) is 0 Å². The van der Waals surface area contributed by atoms with Gasteiger partial charge < -0.3 is 24.5 Å². The van der Waals surface area contributed by atoms with Gasteiger partial charge in [-0.15, -0.1) is 0 Å². The molecule has 0 fully saturated rings. The first-order valence-corrected chi connectivity index (χ1v) is 11.3. The molecule has 176 valence electrons. The van der Waals surface area contributed by atoms with Gasteiger partial charge in [0, 0.05) is 30.1 Å². The summed E-state index contributed by atoms with van der Waals surface area (Å²) in [5.41, 5.74) is 5.25. The van der Waals surface area contributed by atoms with Crippen LogP contribution in [0.3, 0.4) is 0 Å². The largest absolute Gasteiger partial charge is 0.497 e. The van der Waals surface area contributed by atoms with E-state index in [0.717, 1.165) is 45.3 Å². The van der Waals surface area contributed by atoms with E-state index in [2.05, 4.69) is 5.32 Å². The molecule has 0 radical (unpaired) electrons. The fraction of sp³-hybridized carbons (Fsp3) is 0.250. The highest BCUT2D eigenvalue weighted by atomic mass is 16.5. The Morgan fingerprint density at radius 2 is 1.71 bits per heavy atom. The van der Waals surface area contributed by atoms with Gasteiger partial charge in [-0.1, -0.05) is 42.5 Å². The number of aromatic nitrogens is 1. The van der Waals surface area contributed by atoms with Gasteiger partial charge in [0.25, 0.3) is 0 Å². The second-order valence-electron chi connectivity index (χ2n) is 8.27. The molecule has 6 nitrogen and oxygen atoms in total. The van der Waals surface area contributed by atoms with Crippen LogP contribution < -0.4 is 14.8 Å². The lowest BCUT2D eigenvalue weighted by Gasteiger charge is -2.12. The van der Waals surface area contributed by atoms with Crippen LogP contribution in [0.15, 0.2) is 66.7 Å². The average molecular weight is 459 g/mol. The first kappa shape index (κ1) is 23.4. The topological polar surface area (TPSA) is 72.7 Å². The normalized spacial score (nSPS) is 11.0. The number of carboxylic acids is 1. The van der Waals surface area contributed by atoms with E-state index in [4.69, 9.17) is 9.47 Å². The van der Waals surface area contributed by atoms with Crippen molar-refractivity contribution in [1.29, 1.82) is 0 Å². The molecule has 0 aliphatic heterocycles. The number of nitrogens with one attached hydrogen (secondary N) is 1.